The summed E-state index contributed by atoms with van der Waals surface area (Å²) in [4.78, 5) is 34.2. The Morgan fingerprint density at radius 1 is 1.14 bits per heavy atom. The number of nitrogens with zero attached hydrogens (tertiary/aromatic N) is 2. The summed E-state index contributed by atoms with van der Waals surface area (Å²) in [6, 6.07) is 13.7. The lowest BCUT2D eigenvalue weighted by Gasteiger charge is -2.32. The first kappa shape index (κ1) is 24.6. The van der Waals surface area contributed by atoms with Gasteiger partial charge in [-0.3, -0.25) is 9.59 Å². The molecule has 2 N–H and O–H groups in total. The molecule has 2 aliphatic rings. The lowest BCUT2D eigenvalue weighted by atomic mass is 9.94. The predicted molar refractivity (Wildman–Crippen MR) is 152 cm³/mol. The zero-order chi connectivity index (χ0) is 25.4. The third kappa shape index (κ3) is 4.43. The number of ether oxygens (including phenoxy) is 1. The summed E-state index contributed by atoms with van der Waals surface area (Å²) >= 11 is 2.28. The second-order valence-electron chi connectivity index (χ2n) is 9.22. The minimum absolute atomic E-state index is 0.0570. The first-order valence-corrected chi connectivity index (χ1v) is 13.5. The van der Waals surface area contributed by atoms with Crippen molar-refractivity contribution in [3.05, 3.63) is 70.5 Å². The SMILES string of the molecule is COc1cccc(-c2cccc3c2/C(=C/c2[nH]c(CI)c(C(=O)N4CCN(C)CC4)c2C)C(=O)N3)c1. The smallest absolute Gasteiger partial charge is 0.256 e. The van der Waals surface area contributed by atoms with E-state index in [0.29, 0.717) is 10.0 Å². The van der Waals surface area contributed by atoms with Crippen LogP contribution in [0.3, 0.4) is 0 Å². The average Bonchev–Trinajstić information content (AvgIpc) is 3.39. The van der Waals surface area contributed by atoms with Crippen molar-refractivity contribution in [3.8, 4) is 16.9 Å². The number of rotatable bonds is 5. The van der Waals surface area contributed by atoms with E-state index in [-0.39, 0.29) is 11.8 Å². The Hall–Kier alpha value is -3.11. The number of piperazine rings is 1. The van der Waals surface area contributed by atoms with Crippen LogP contribution in [0.4, 0.5) is 5.69 Å². The number of nitrogens with one attached hydrogen (secondary N) is 2. The molecule has 0 saturated carbocycles. The summed E-state index contributed by atoms with van der Waals surface area (Å²) < 4.78 is 6.10. The van der Waals surface area contributed by atoms with E-state index in [1.807, 2.05) is 60.4 Å². The number of likely N-dealkylation sites (N-methyl/N-ethyl adjacent to an activating group) is 1. The van der Waals surface area contributed by atoms with E-state index in [2.05, 4.69) is 44.8 Å². The van der Waals surface area contributed by atoms with E-state index in [9.17, 15) is 9.59 Å². The Labute approximate surface area is 224 Å². The van der Waals surface area contributed by atoms with Gasteiger partial charge < -0.3 is 24.8 Å². The predicted octanol–water partition coefficient (Wildman–Crippen LogP) is 4.81. The van der Waals surface area contributed by atoms with Crippen molar-refractivity contribution in [3.63, 3.8) is 0 Å². The monoisotopic (exact) mass is 596 g/mol. The first-order valence-electron chi connectivity index (χ1n) is 12.0. The zero-order valence-electron chi connectivity index (χ0n) is 20.7. The number of aromatic nitrogens is 1. The van der Waals surface area contributed by atoms with Gasteiger partial charge in [0.05, 0.1) is 18.2 Å². The second-order valence-corrected chi connectivity index (χ2v) is 9.98. The maximum absolute atomic E-state index is 13.5. The van der Waals surface area contributed by atoms with Gasteiger partial charge in [-0.15, -0.1) is 0 Å². The van der Waals surface area contributed by atoms with Crippen LogP contribution >= 0.6 is 22.6 Å². The summed E-state index contributed by atoms with van der Waals surface area (Å²) in [6.07, 6.45) is 1.89. The molecule has 0 unspecified atom stereocenters. The number of hydrogen-bond acceptors (Lipinski definition) is 4. The molecule has 0 aliphatic carbocycles. The fourth-order valence-electron chi connectivity index (χ4n) is 4.94. The maximum atomic E-state index is 13.5. The van der Waals surface area contributed by atoms with Crippen LogP contribution < -0.4 is 10.1 Å². The summed E-state index contributed by atoms with van der Waals surface area (Å²) in [5, 5.41) is 3.01. The Bertz CT molecular complexity index is 1370. The van der Waals surface area contributed by atoms with Gasteiger partial charge in [0.2, 0.25) is 0 Å². The van der Waals surface area contributed by atoms with E-state index in [1.54, 1.807) is 7.11 Å². The summed E-state index contributed by atoms with van der Waals surface area (Å²) in [7, 11) is 3.72. The maximum Gasteiger partial charge on any atom is 0.256 e. The number of fused-ring (bicyclic) bond motifs is 1. The molecule has 7 nitrogen and oxygen atoms in total. The molecule has 1 fully saturated rings. The molecule has 8 heteroatoms. The van der Waals surface area contributed by atoms with Crippen LogP contribution in [-0.2, 0) is 9.22 Å². The van der Waals surface area contributed by atoms with Gasteiger partial charge in [0.25, 0.3) is 11.8 Å². The van der Waals surface area contributed by atoms with Crippen molar-refractivity contribution in [1.29, 1.82) is 0 Å². The Balaban J connectivity index is 1.57. The molecule has 1 saturated heterocycles. The third-order valence-corrected chi connectivity index (χ3v) is 7.76. The van der Waals surface area contributed by atoms with Crippen LogP contribution in [0.25, 0.3) is 22.8 Å². The van der Waals surface area contributed by atoms with E-state index in [0.717, 1.165) is 76.8 Å². The number of benzene rings is 2. The van der Waals surface area contributed by atoms with Crippen LogP contribution in [0.15, 0.2) is 42.5 Å². The molecular weight excluding hydrogens is 567 g/mol. The van der Waals surface area contributed by atoms with E-state index in [1.165, 1.54) is 0 Å². The molecule has 0 atom stereocenters. The van der Waals surface area contributed by atoms with Crippen LogP contribution in [-0.4, -0.2) is 66.9 Å². The number of H-pyrrole nitrogens is 1. The van der Waals surface area contributed by atoms with Crippen molar-refractivity contribution >= 4 is 51.7 Å². The summed E-state index contributed by atoms with van der Waals surface area (Å²) in [5.41, 5.74) is 7.40. The van der Waals surface area contributed by atoms with Gasteiger partial charge >= 0.3 is 0 Å². The van der Waals surface area contributed by atoms with E-state index < -0.39 is 0 Å². The fourth-order valence-corrected chi connectivity index (χ4v) is 5.52. The molecule has 0 radical (unpaired) electrons. The van der Waals surface area contributed by atoms with Gasteiger partial charge in [-0.1, -0.05) is 46.9 Å². The number of methoxy groups -OCH3 is 1. The highest BCUT2D eigenvalue weighted by Gasteiger charge is 2.30. The summed E-state index contributed by atoms with van der Waals surface area (Å²) in [6.45, 7) is 5.14. The van der Waals surface area contributed by atoms with Crippen LogP contribution in [0.1, 0.15) is 32.9 Å². The lowest BCUT2D eigenvalue weighted by molar-refractivity contribution is -0.110. The van der Waals surface area contributed by atoms with Gasteiger partial charge in [-0.2, -0.15) is 0 Å². The molecule has 5 rings (SSSR count). The first-order chi connectivity index (χ1) is 17.4. The zero-order valence-corrected chi connectivity index (χ0v) is 22.8. The Morgan fingerprint density at radius 3 is 2.61 bits per heavy atom. The number of amides is 2. The summed E-state index contributed by atoms with van der Waals surface area (Å²) in [5.74, 6) is 0.658. The third-order valence-electron chi connectivity index (χ3n) is 7.00. The minimum atomic E-state index is -0.155. The molecule has 0 bridgehead atoms. The van der Waals surface area contributed by atoms with E-state index >= 15 is 0 Å². The molecule has 2 amide bonds. The molecule has 1 aromatic heterocycles. The Kier molecular flexibility index (Phi) is 6.90. The van der Waals surface area contributed by atoms with Crippen molar-refractivity contribution in [2.24, 2.45) is 0 Å². The van der Waals surface area contributed by atoms with Crippen molar-refractivity contribution in [2.75, 3.05) is 45.7 Å². The Morgan fingerprint density at radius 2 is 1.89 bits per heavy atom. The molecule has 3 aromatic rings. The molecule has 0 spiro atoms. The van der Waals surface area contributed by atoms with Crippen LogP contribution in [0, 0.1) is 6.92 Å². The molecule has 2 aliphatic heterocycles. The highest BCUT2D eigenvalue weighted by atomic mass is 127. The average molecular weight is 596 g/mol. The molecule has 36 heavy (non-hydrogen) atoms. The van der Waals surface area contributed by atoms with Gasteiger partial charge in [-0.05, 0) is 54.9 Å². The highest BCUT2D eigenvalue weighted by molar-refractivity contribution is 14.1. The van der Waals surface area contributed by atoms with Crippen molar-refractivity contribution in [1.82, 2.24) is 14.8 Å². The standard InChI is InChI=1S/C28H29IN4O3/c1-17-23(30-24(16-29)25(17)28(35)33-12-10-32(2)11-13-33)15-21-26-20(8-5-9-22(26)31-27(21)34)18-6-4-7-19(14-18)36-3/h4-9,14-15,30H,10-13,16H2,1-3H3,(H,31,34)/b21-15-. The molecule has 3 heterocycles. The molecular formula is C28H29IN4O3. The lowest BCUT2D eigenvalue weighted by Crippen LogP contribution is -2.47. The minimum Gasteiger partial charge on any atom is -0.497 e. The number of aromatic amines is 1. The number of anilines is 1. The topological polar surface area (TPSA) is 77.7 Å². The number of halogens is 1. The highest BCUT2D eigenvalue weighted by Crippen LogP contribution is 2.41. The number of carbonyl (C=O) groups is 2. The van der Waals surface area contributed by atoms with Crippen molar-refractivity contribution in [2.45, 2.75) is 11.4 Å². The van der Waals surface area contributed by atoms with Crippen LogP contribution in [0.2, 0.25) is 0 Å². The van der Waals surface area contributed by atoms with Gasteiger partial charge in [0.1, 0.15) is 5.75 Å². The normalized spacial score (nSPS) is 16.8. The molecule has 186 valence electrons. The number of carbonyl (C=O) groups excluding carboxylic acids is 2. The molecule has 2 aromatic carbocycles. The largest absolute Gasteiger partial charge is 0.497 e. The van der Waals surface area contributed by atoms with Crippen molar-refractivity contribution < 1.29 is 14.3 Å². The number of alkyl halides is 1. The van der Waals surface area contributed by atoms with Gasteiger partial charge in [0, 0.05) is 53.2 Å². The van der Waals surface area contributed by atoms with E-state index in [4.69, 9.17) is 4.74 Å². The quantitative estimate of drug-likeness (QED) is 0.252. The van der Waals surface area contributed by atoms with Crippen LogP contribution in [0.5, 0.6) is 5.75 Å². The number of hydrogen-bond donors (Lipinski definition) is 2. The second kappa shape index (κ2) is 10.1. The fraction of sp³-hybridized carbons (Fsp3) is 0.286. The van der Waals surface area contributed by atoms with Gasteiger partial charge in [0.15, 0.2) is 0 Å². The van der Waals surface area contributed by atoms with Gasteiger partial charge in [-0.25, -0.2) is 0 Å².